The van der Waals surface area contributed by atoms with Crippen molar-refractivity contribution in [2.75, 3.05) is 23.1 Å². The van der Waals surface area contributed by atoms with Gasteiger partial charge in [0.15, 0.2) is 9.84 Å². The van der Waals surface area contributed by atoms with E-state index in [9.17, 15) is 8.42 Å². The summed E-state index contributed by atoms with van der Waals surface area (Å²) in [6.07, 6.45) is 2.42. The van der Waals surface area contributed by atoms with E-state index in [4.69, 9.17) is 0 Å². The Morgan fingerprint density at radius 3 is 2.74 bits per heavy atom. The number of hydrogen-bond donors (Lipinski definition) is 1. The van der Waals surface area contributed by atoms with Crippen LogP contribution < -0.4 is 5.32 Å². The normalized spacial score (nSPS) is 23.0. The van der Waals surface area contributed by atoms with Gasteiger partial charge < -0.3 is 5.32 Å². The molecule has 19 heavy (non-hydrogen) atoms. The lowest BCUT2D eigenvalue weighted by atomic mass is 9.82. The standard InChI is InChI=1S/C14H21NO2S2/c1-14(2)7-8-18-10-13(14)15-11-5-4-6-12(9-11)19(3,16)17/h4-6,9,13,15H,7-8,10H2,1-3H3. The molecule has 0 saturated carbocycles. The van der Waals surface area contributed by atoms with E-state index in [0.29, 0.717) is 10.9 Å². The minimum absolute atomic E-state index is 0.242. The number of anilines is 1. The average molecular weight is 299 g/mol. The summed E-state index contributed by atoms with van der Waals surface area (Å²) in [4.78, 5) is 0.374. The predicted octanol–water partition coefficient (Wildman–Crippen LogP) is 3.03. The Hall–Kier alpha value is -0.680. The van der Waals surface area contributed by atoms with Gasteiger partial charge in [0.05, 0.1) is 4.90 Å². The molecule has 106 valence electrons. The van der Waals surface area contributed by atoms with Crippen LogP contribution in [0.1, 0.15) is 20.3 Å². The van der Waals surface area contributed by atoms with E-state index in [1.54, 1.807) is 18.2 Å². The van der Waals surface area contributed by atoms with Crippen LogP contribution in [0.3, 0.4) is 0 Å². The van der Waals surface area contributed by atoms with Gasteiger partial charge in [-0.15, -0.1) is 0 Å². The summed E-state index contributed by atoms with van der Waals surface area (Å²) in [5.41, 5.74) is 1.13. The van der Waals surface area contributed by atoms with Crippen molar-refractivity contribution < 1.29 is 8.42 Å². The summed E-state index contributed by atoms with van der Waals surface area (Å²) in [6.45, 7) is 4.54. The van der Waals surface area contributed by atoms with Gasteiger partial charge in [-0.25, -0.2) is 8.42 Å². The number of benzene rings is 1. The molecule has 1 aliphatic heterocycles. The maximum Gasteiger partial charge on any atom is 0.175 e. The van der Waals surface area contributed by atoms with Gasteiger partial charge >= 0.3 is 0 Å². The summed E-state index contributed by atoms with van der Waals surface area (Å²) in [5.74, 6) is 2.27. The Bertz CT molecular complexity index is 552. The highest BCUT2D eigenvalue weighted by atomic mass is 32.2. The fourth-order valence-corrected chi connectivity index (χ4v) is 4.47. The molecule has 1 aliphatic rings. The van der Waals surface area contributed by atoms with Crippen LogP contribution in [0.25, 0.3) is 0 Å². The second-order valence-corrected chi connectivity index (χ2v) is 8.98. The van der Waals surface area contributed by atoms with E-state index in [1.807, 2.05) is 17.8 Å². The fraction of sp³-hybridized carbons (Fsp3) is 0.571. The van der Waals surface area contributed by atoms with Gasteiger partial charge in [-0.1, -0.05) is 19.9 Å². The molecule has 1 fully saturated rings. The summed E-state index contributed by atoms with van der Waals surface area (Å²) in [5, 5.41) is 3.50. The Morgan fingerprint density at radius 1 is 1.37 bits per heavy atom. The van der Waals surface area contributed by atoms with Gasteiger partial charge in [-0.2, -0.15) is 11.8 Å². The first-order valence-corrected chi connectivity index (χ1v) is 9.48. The highest BCUT2D eigenvalue weighted by Gasteiger charge is 2.32. The van der Waals surface area contributed by atoms with Crippen LogP contribution in [-0.2, 0) is 9.84 Å². The van der Waals surface area contributed by atoms with Gasteiger partial charge in [0.1, 0.15) is 0 Å². The van der Waals surface area contributed by atoms with Crippen molar-refractivity contribution in [1.29, 1.82) is 0 Å². The molecule has 0 radical (unpaired) electrons. The lowest BCUT2D eigenvalue weighted by Crippen LogP contribution is -2.41. The smallest absolute Gasteiger partial charge is 0.175 e. The third kappa shape index (κ3) is 3.66. The van der Waals surface area contributed by atoms with Crippen molar-refractivity contribution in [3.8, 4) is 0 Å². The largest absolute Gasteiger partial charge is 0.381 e. The molecule has 0 aliphatic carbocycles. The molecule has 1 aromatic rings. The Labute approximate surface area is 120 Å². The van der Waals surface area contributed by atoms with E-state index in [-0.39, 0.29) is 5.41 Å². The third-order valence-electron chi connectivity index (χ3n) is 3.72. The molecule has 1 unspecified atom stereocenters. The molecule has 0 aromatic heterocycles. The van der Waals surface area contributed by atoms with E-state index < -0.39 is 9.84 Å². The van der Waals surface area contributed by atoms with E-state index in [1.165, 1.54) is 18.4 Å². The zero-order valence-corrected chi connectivity index (χ0v) is 13.3. The fourth-order valence-electron chi connectivity index (χ4n) is 2.19. The Kier molecular flexibility index (Phi) is 4.16. The van der Waals surface area contributed by atoms with Crippen LogP contribution in [0.2, 0.25) is 0 Å². The van der Waals surface area contributed by atoms with Crippen LogP contribution in [-0.4, -0.2) is 32.2 Å². The van der Waals surface area contributed by atoms with Crippen molar-refractivity contribution in [1.82, 2.24) is 0 Å². The van der Waals surface area contributed by atoms with Crippen molar-refractivity contribution in [3.05, 3.63) is 24.3 Å². The van der Waals surface area contributed by atoms with Crippen molar-refractivity contribution >= 4 is 27.3 Å². The highest BCUT2D eigenvalue weighted by Crippen LogP contribution is 2.36. The first-order chi connectivity index (χ1) is 8.79. The number of nitrogens with one attached hydrogen (secondary N) is 1. The SMILES string of the molecule is CC1(C)CCSCC1Nc1cccc(S(C)(=O)=O)c1. The summed E-state index contributed by atoms with van der Waals surface area (Å²) in [7, 11) is -3.14. The Morgan fingerprint density at radius 2 is 2.11 bits per heavy atom. The summed E-state index contributed by atoms with van der Waals surface area (Å²) in [6, 6.07) is 7.47. The molecule has 1 saturated heterocycles. The first-order valence-electron chi connectivity index (χ1n) is 6.43. The van der Waals surface area contributed by atoms with Gasteiger partial charge in [0.25, 0.3) is 0 Å². The summed E-state index contributed by atoms with van der Waals surface area (Å²) >= 11 is 1.95. The predicted molar refractivity (Wildman–Crippen MR) is 82.7 cm³/mol. The molecule has 2 rings (SSSR count). The monoisotopic (exact) mass is 299 g/mol. The van der Waals surface area contributed by atoms with Crippen LogP contribution in [0.5, 0.6) is 0 Å². The van der Waals surface area contributed by atoms with Crippen molar-refractivity contribution in [2.24, 2.45) is 5.41 Å². The Balaban J connectivity index is 2.19. The molecule has 0 bridgehead atoms. The maximum absolute atomic E-state index is 11.6. The molecule has 0 amide bonds. The number of rotatable bonds is 3. The topological polar surface area (TPSA) is 46.2 Å². The van der Waals surface area contributed by atoms with Gasteiger partial charge in [-0.05, 0) is 35.8 Å². The van der Waals surface area contributed by atoms with Crippen LogP contribution >= 0.6 is 11.8 Å². The maximum atomic E-state index is 11.6. The second kappa shape index (κ2) is 5.37. The van der Waals surface area contributed by atoms with E-state index in [2.05, 4.69) is 19.2 Å². The van der Waals surface area contributed by atoms with Gasteiger partial charge in [0.2, 0.25) is 0 Å². The highest BCUT2D eigenvalue weighted by molar-refractivity contribution is 7.99. The summed E-state index contributed by atoms with van der Waals surface area (Å²) < 4.78 is 23.1. The molecule has 1 atom stereocenters. The molecular formula is C14H21NO2S2. The zero-order valence-electron chi connectivity index (χ0n) is 11.6. The van der Waals surface area contributed by atoms with Crippen molar-refractivity contribution in [3.63, 3.8) is 0 Å². The number of hydrogen-bond acceptors (Lipinski definition) is 4. The quantitative estimate of drug-likeness (QED) is 0.932. The zero-order chi connectivity index (χ0) is 14.1. The minimum atomic E-state index is -3.14. The van der Waals surface area contributed by atoms with E-state index in [0.717, 1.165) is 11.4 Å². The van der Waals surface area contributed by atoms with Crippen LogP contribution in [0.4, 0.5) is 5.69 Å². The van der Waals surface area contributed by atoms with Crippen molar-refractivity contribution in [2.45, 2.75) is 31.2 Å². The molecule has 1 N–H and O–H groups in total. The lowest BCUT2D eigenvalue weighted by molar-refractivity contribution is 0.305. The first kappa shape index (κ1) is 14.7. The molecule has 0 spiro atoms. The molecule has 5 heteroatoms. The number of thioether (sulfide) groups is 1. The number of sulfone groups is 1. The van der Waals surface area contributed by atoms with Crippen LogP contribution in [0, 0.1) is 5.41 Å². The van der Waals surface area contributed by atoms with E-state index >= 15 is 0 Å². The van der Waals surface area contributed by atoms with Crippen LogP contribution in [0.15, 0.2) is 29.2 Å². The molecule has 1 aromatic carbocycles. The molecule has 3 nitrogen and oxygen atoms in total. The molecule has 1 heterocycles. The van der Waals surface area contributed by atoms with Gasteiger partial charge in [0, 0.05) is 23.7 Å². The van der Waals surface area contributed by atoms with Gasteiger partial charge in [-0.3, -0.25) is 0 Å². The minimum Gasteiger partial charge on any atom is -0.381 e. The average Bonchev–Trinajstić information content (AvgIpc) is 2.31. The molecular weight excluding hydrogens is 278 g/mol. The lowest BCUT2D eigenvalue weighted by Gasteiger charge is -2.39. The second-order valence-electron chi connectivity index (χ2n) is 5.81. The third-order valence-corrected chi connectivity index (χ3v) is 5.89.